The molecule has 0 aliphatic rings. The van der Waals surface area contributed by atoms with E-state index in [9.17, 15) is 4.79 Å². The maximum absolute atomic E-state index is 11.5. The van der Waals surface area contributed by atoms with Crippen LogP contribution in [-0.4, -0.2) is 12.5 Å². The van der Waals surface area contributed by atoms with E-state index < -0.39 is 5.91 Å². The Kier molecular flexibility index (Phi) is 4.06. The summed E-state index contributed by atoms with van der Waals surface area (Å²) < 4.78 is 0. The molecular weight excluding hydrogens is 258 g/mol. The summed E-state index contributed by atoms with van der Waals surface area (Å²) in [6.45, 7) is 3.57. The van der Waals surface area contributed by atoms with Gasteiger partial charge in [-0.15, -0.1) is 11.3 Å². The lowest BCUT2D eigenvalue weighted by molar-refractivity contribution is 0.100. The van der Waals surface area contributed by atoms with Crippen molar-refractivity contribution in [1.29, 1.82) is 0 Å². The lowest BCUT2D eigenvalue weighted by Crippen LogP contribution is -2.25. The first-order chi connectivity index (χ1) is 9.11. The molecule has 4 nitrogen and oxygen atoms in total. The van der Waals surface area contributed by atoms with E-state index in [0.717, 1.165) is 18.8 Å². The number of primary amides is 1. The molecule has 2 rings (SSSR count). The smallest absolute Gasteiger partial charge is 0.250 e. The van der Waals surface area contributed by atoms with Crippen LogP contribution in [-0.2, 0) is 6.54 Å². The number of nitrogens with zero attached hydrogens (tertiary/aromatic N) is 1. The molecule has 0 bridgehead atoms. The average molecular weight is 275 g/mol. The minimum absolute atomic E-state index is 0.431. The number of carbonyl (C=O) groups excluding carboxylic acids is 1. The minimum atomic E-state index is -0.431. The fourth-order valence-electron chi connectivity index (χ4n) is 1.98. The van der Waals surface area contributed by atoms with Gasteiger partial charge in [0.25, 0.3) is 5.91 Å². The van der Waals surface area contributed by atoms with E-state index in [4.69, 9.17) is 11.5 Å². The molecule has 0 aliphatic carbocycles. The second-order valence-electron chi connectivity index (χ2n) is 4.23. The summed E-state index contributed by atoms with van der Waals surface area (Å²) in [5, 5.41) is 2.04. The van der Waals surface area contributed by atoms with Crippen molar-refractivity contribution in [1.82, 2.24) is 0 Å². The van der Waals surface area contributed by atoms with Crippen molar-refractivity contribution in [2.24, 2.45) is 5.73 Å². The minimum Gasteiger partial charge on any atom is -0.399 e. The number of hydrogen-bond donors (Lipinski definition) is 2. The lowest BCUT2D eigenvalue weighted by atomic mass is 10.1. The molecule has 5 heteroatoms. The van der Waals surface area contributed by atoms with Gasteiger partial charge in [-0.05, 0) is 36.6 Å². The van der Waals surface area contributed by atoms with Crippen LogP contribution < -0.4 is 16.4 Å². The Morgan fingerprint density at radius 1 is 1.37 bits per heavy atom. The van der Waals surface area contributed by atoms with Crippen LogP contribution in [0.25, 0.3) is 0 Å². The van der Waals surface area contributed by atoms with E-state index in [1.165, 1.54) is 4.88 Å². The Balaban J connectivity index is 2.36. The van der Waals surface area contributed by atoms with E-state index in [1.54, 1.807) is 29.5 Å². The molecule has 0 saturated carbocycles. The molecule has 0 unspecified atom stereocenters. The molecule has 19 heavy (non-hydrogen) atoms. The van der Waals surface area contributed by atoms with E-state index in [0.29, 0.717) is 11.3 Å². The topological polar surface area (TPSA) is 72.3 Å². The summed E-state index contributed by atoms with van der Waals surface area (Å²) in [6, 6.07) is 9.27. The Hall–Kier alpha value is -2.01. The van der Waals surface area contributed by atoms with Crippen LogP contribution in [0.2, 0.25) is 0 Å². The van der Waals surface area contributed by atoms with Crippen LogP contribution in [0.1, 0.15) is 22.2 Å². The van der Waals surface area contributed by atoms with Gasteiger partial charge in [0, 0.05) is 17.1 Å². The van der Waals surface area contributed by atoms with Gasteiger partial charge >= 0.3 is 0 Å². The van der Waals surface area contributed by atoms with Crippen molar-refractivity contribution in [3.63, 3.8) is 0 Å². The molecule has 1 amide bonds. The first-order valence-electron chi connectivity index (χ1n) is 6.08. The zero-order valence-electron chi connectivity index (χ0n) is 10.8. The summed E-state index contributed by atoms with van der Waals surface area (Å²) in [5.41, 5.74) is 13.2. The highest BCUT2D eigenvalue weighted by molar-refractivity contribution is 7.09. The highest BCUT2D eigenvalue weighted by atomic mass is 32.1. The number of anilines is 2. The highest BCUT2D eigenvalue weighted by Gasteiger charge is 2.14. The SMILES string of the molecule is CCN(Cc1cccs1)c1cc(N)ccc1C(N)=O. The number of amides is 1. The predicted molar refractivity (Wildman–Crippen MR) is 80.4 cm³/mol. The molecule has 2 aromatic rings. The molecule has 0 fully saturated rings. The van der Waals surface area contributed by atoms with Crippen LogP contribution >= 0.6 is 11.3 Å². The quantitative estimate of drug-likeness (QED) is 0.823. The van der Waals surface area contributed by atoms with Crippen molar-refractivity contribution in [3.8, 4) is 0 Å². The zero-order chi connectivity index (χ0) is 13.8. The fraction of sp³-hybridized carbons (Fsp3) is 0.214. The molecule has 0 aliphatic heterocycles. The third kappa shape index (κ3) is 3.06. The maximum atomic E-state index is 11.5. The largest absolute Gasteiger partial charge is 0.399 e. The van der Waals surface area contributed by atoms with Gasteiger partial charge < -0.3 is 16.4 Å². The second-order valence-corrected chi connectivity index (χ2v) is 5.27. The maximum Gasteiger partial charge on any atom is 0.250 e. The predicted octanol–water partition coefficient (Wildman–Crippen LogP) is 2.46. The summed E-state index contributed by atoms with van der Waals surface area (Å²) in [5.74, 6) is -0.431. The Bertz CT molecular complexity index is 566. The van der Waals surface area contributed by atoms with E-state index in [-0.39, 0.29) is 0 Å². The summed E-state index contributed by atoms with van der Waals surface area (Å²) in [7, 11) is 0. The van der Waals surface area contributed by atoms with Crippen LogP contribution in [0.3, 0.4) is 0 Å². The van der Waals surface area contributed by atoms with Gasteiger partial charge in [-0.1, -0.05) is 6.07 Å². The van der Waals surface area contributed by atoms with Crippen molar-refractivity contribution in [2.75, 3.05) is 17.2 Å². The van der Waals surface area contributed by atoms with Gasteiger partial charge in [-0.3, -0.25) is 4.79 Å². The monoisotopic (exact) mass is 275 g/mol. The molecule has 100 valence electrons. The van der Waals surface area contributed by atoms with E-state index in [2.05, 4.69) is 11.0 Å². The number of thiophene rings is 1. The van der Waals surface area contributed by atoms with Gasteiger partial charge in [0.15, 0.2) is 0 Å². The van der Waals surface area contributed by atoms with Crippen molar-refractivity contribution in [2.45, 2.75) is 13.5 Å². The van der Waals surface area contributed by atoms with Crippen LogP contribution in [0.4, 0.5) is 11.4 Å². The molecule has 0 radical (unpaired) electrons. The summed E-state index contributed by atoms with van der Waals surface area (Å²) in [6.07, 6.45) is 0. The van der Waals surface area contributed by atoms with E-state index in [1.807, 2.05) is 18.4 Å². The Morgan fingerprint density at radius 2 is 2.16 bits per heavy atom. The first kappa shape index (κ1) is 13.4. The molecule has 1 aromatic carbocycles. The normalized spacial score (nSPS) is 10.4. The number of rotatable bonds is 5. The molecular formula is C14H17N3OS. The molecule has 0 spiro atoms. The number of hydrogen-bond acceptors (Lipinski definition) is 4. The third-order valence-electron chi connectivity index (χ3n) is 2.94. The second kappa shape index (κ2) is 5.75. The van der Waals surface area contributed by atoms with Gasteiger partial charge in [0.2, 0.25) is 0 Å². The van der Waals surface area contributed by atoms with Gasteiger partial charge in [-0.25, -0.2) is 0 Å². The van der Waals surface area contributed by atoms with Gasteiger partial charge in [0.1, 0.15) is 0 Å². The zero-order valence-corrected chi connectivity index (χ0v) is 11.6. The third-order valence-corrected chi connectivity index (χ3v) is 3.80. The molecule has 1 heterocycles. The van der Waals surface area contributed by atoms with Gasteiger partial charge in [0.05, 0.1) is 17.8 Å². The van der Waals surface area contributed by atoms with Gasteiger partial charge in [-0.2, -0.15) is 0 Å². The number of nitrogens with two attached hydrogens (primary N) is 2. The van der Waals surface area contributed by atoms with E-state index >= 15 is 0 Å². The van der Waals surface area contributed by atoms with Crippen molar-refractivity contribution >= 4 is 28.6 Å². The lowest BCUT2D eigenvalue weighted by Gasteiger charge is -2.24. The highest BCUT2D eigenvalue weighted by Crippen LogP contribution is 2.25. The summed E-state index contributed by atoms with van der Waals surface area (Å²) >= 11 is 1.69. The van der Waals surface area contributed by atoms with Crippen LogP contribution in [0.15, 0.2) is 35.7 Å². The first-order valence-corrected chi connectivity index (χ1v) is 6.96. The van der Waals surface area contributed by atoms with Crippen molar-refractivity contribution < 1.29 is 4.79 Å². The molecule has 1 aromatic heterocycles. The summed E-state index contributed by atoms with van der Waals surface area (Å²) in [4.78, 5) is 14.8. The average Bonchev–Trinajstić information content (AvgIpc) is 2.88. The number of carbonyl (C=O) groups is 1. The molecule has 4 N–H and O–H groups in total. The standard InChI is InChI=1S/C14H17N3OS/c1-2-17(9-11-4-3-7-19-11)13-8-10(15)5-6-12(13)14(16)18/h3-8H,2,9,15H2,1H3,(H2,16,18). The Labute approximate surface area is 116 Å². The molecule has 0 saturated heterocycles. The van der Waals surface area contributed by atoms with Crippen LogP contribution in [0, 0.1) is 0 Å². The van der Waals surface area contributed by atoms with Crippen LogP contribution in [0.5, 0.6) is 0 Å². The fourth-order valence-corrected chi connectivity index (χ4v) is 2.70. The number of benzene rings is 1. The van der Waals surface area contributed by atoms with Crippen molar-refractivity contribution in [3.05, 3.63) is 46.2 Å². The number of nitrogen functional groups attached to an aromatic ring is 1. The molecule has 0 atom stereocenters. The Morgan fingerprint density at radius 3 is 2.74 bits per heavy atom.